The first-order valence-corrected chi connectivity index (χ1v) is 7.50. The zero-order valence-corrected chi connectivity index (χ0v) is 11.2. The summed E-state index contributed by atoms with van der Waals surface area (Å²) in [5.74, 6) is -0.684. The zero-order valence-electron chi connectivity index (χ0n) is 10.4. The monoisotopic (exact) mass is 292 g/mol. The van der Waals surface area contributed by atoms with Crippen LogP contribution in [0.25, 0.3) is 16.7 Å². The van der Waals surface area contributed by atoms with Crippen molar-refractivity contribution in [3.8, 4) is 5.69 Å². The molecule has 0 aliphatic rings. The van der Waals surface area contributed by atoms with Crippen LogP contribution in [0.5, 0.6) is 0 Å². The largest absolute Gasteiger partial charge is 0.244 e. The predicted octanol–water partition coefficient (Wildman–Crippen LogP) is 1.36. The number of rotatable bonds is 2. The molecule has 6 nitrogen and oxygen atoms in total. The lowest BCUT2D eigenvalue weighted by Gasteiger charge is -2.06. The van der Waals surface area contributed by atoms with Gasteiger partial charge in [-0.05, 0) is 18.2 Å². The van der Waals surface area contributed by atoms with E-state index < -0.39 is 15.7 Å². The summed E-state index contributed by atoms with van der Waals surface area (Å²) in [7, 11) is -3.45. The topological polar surface area (TPSA) is 77.7 Å². The molecule has 0 aliphatic heterocycles. The van der Waals surface area contributed by atoms with Crippen molar-refractivity contribution < 1.29 is 12.8 Å². The molecule has 3 rings (SSSR count). The summed E-state index contributed by atoms with van der Waals surface area (Å²) in [6.07, 6.45) is 5.44. The van der Waals surface area contributed by atoms with Gasteiger partial charge in [0.1, 0.15) is 17.8 Å². The Kier molecular flexibility index (Phi) is 2.75. The van der Waals surface area contributed by atoms with Gasteiger partial charge in [-0.25, -0.2) is 27.5 Å². The Bertz CT molecular complexity index is 905. The highest BCUT2D eigenvalue weighted by Crippen LogP contribution is 2.21. The van der Waals surface area contributed by atoms with E-state index in [1.165, 1.54) is 29.3 Å². The Hall–Kier alpha value is -2.35. The minimum absolute atomic E-state index is 0.0789. The minimum Gasteiger partial charge on any atom is -0.244 e. The molecule has 3 aromatic rings. The maximum Gasteiger partial charge on any atom is 0.175 e. The molecule has 2 heterocycles. The van der Waals surface area contributed by atoms with Crippen molar-refractivity contribution in [3.05, 3.63) is 42.7 Å². The highest BCUT2D eigenvalue weighted by Gasteiger charge is 2.14. The third kappa shape index (κ3) is 2.03. The van der Waals surface area contributed by atoms with E-state index in [1.807, 2.05) is 0 Å². The number of hydrogen-bond acceptors (Lipinski definition) is 5. The Balaban J connectivity index is 2.21. The molecule has 2 aromatic heterocycles. The van der Waals surface area contributed by atoms with Crippen molar-refractivity contribution in [1.82, 2.24) is 19.7 Å². The van der Waals surface area contributed by atoms with Gasteiger partial charge in [0.15, 0.2) is 15.5 Å². The normalized spacial score (nSPS) is 11.9. The Morgan fingerprint density at radius 2 is 2.05 bits per heavy atom. The van der Waals surface area contributed by atoms with Crippen LogP contribution in [0.15, 0.2) is 41.8 Å². The third-order valence-corrected chi connectivity index (χ3v) is 3.92. The molecule has 0 spiro atoms. The fourth-order valence-electron chi connectivity index (χ4n) is 1.84. The Labute approximate surface area is 113 Å². The van der Waals surface area contributed by atoms with E-state index in [1.54, 1.807) is 6.20 Å². The van der Waals surface area contributed by atoms with Gasteiger partial charge < -0.3 is 0 Å². The molecule has 20 heavy (non-hydrogen) atoms. The first kappa shape index (κ1) is 12.7. The molecular formula is C12H9FN4O2S. The van der Waals surface area contributed by atoms with Crippen LogP contribution >= 0.6 is 0 Å². The van der Waals surface area contributed by atoms with Gasteiger partial charge >= 0.3 is 0 Å². The van der Waals surface area contributed by atoms with Crippen LogP contribution in [-0.2, 0) is 9.84 Å². The first-order chi connectivity index (χ1) is 9.47. The molecule has 1 aromatic carbocycles. The fraction of sp³-hybridized carbons (Fsp3) is 0.0833. The van der Waals surface area contributed by atoms with Crippen molar-refractivity contribution in [2.24, 2.45) is 0 Å². The summed E-state index contributed by atoms with van der Waals surface area (Å²) < 4.78 is 38.2. The van der Waals surface area contributed by atoms with Crippen LogP contribution in [0, 0.1) is 5.82 Å². The van der Waals surface area contributed by atoms with Crippen molar-refractivity contribution in [2.75, 3.05) is 6.26 Å². The SMILES string of the molecule is CS(=O)(=O)c1ccc(-n2ncc3cncnc32)c(F)c1. The second kappa shape index (κ2) is 4.34. The quantitative estimate of drug-likeness (QED) is 0.712. The summed E-state index contributed by atoms with van der Waals surface area (Å²) in [5.41, 5.74) is 0.581. The van der Waals surface area contributed by atoms with Gasteiger partial charge in [-0.3, -0.25) is 0 Å². The number of aromatic nitrogens is 4. The maximum absolute atomic E-state index is 14.1. The van der Waals surface area contributed by atoms with Gasteiger partial charge in [0.2, 0.25) is 0 Å². The average molecular weight is 292 g/mol. The standard InChI is InChI=1S/C12H9FN4O2S/c1-20(18,19)9-2-3-11(10(13)4-9)17-12-8(6-16-17)5-14-7-15-12/h2-7H,1H3. The molecule has 0 saturated heterocycles. The predicted molar refractivity (Wildman–Crippen MR) is 69.7 cm³/mol. The van der Waals surface area contributed by atoms with Crippen LogP contribution in [0.2, 0.25) is 0 Å². The lowest BCUT2D eigenvalue weighted by molar-refractivity contribution is 0.592. The smallest absolute Gasteiger partial charge is 0.175 e. The highest BCUT2D eigenvalue weighted by molar-refractivity contribution is 7.90. The lowest BCUT2D eigenvalue weighted by atomic mass is 10.3. The summed E-state index contributed by atoms with van der Waals surface area (Å²) in [6, 6.07) is 3.67. The second-order valence-electron chi connectivity index (χ2n) is 4.24. The van der Waals surface area contributed by atoms with Crippen molar-refractivity contribution in [3.63, 3.8) is 0 Å². The summed E-state index contributed by atoms with van der Waals surface area (Å²) >= 11 is 0. The van der Waals surface area contributed by atoms with Gasteiger partial charge in [-0.2, -0.15) is 5.10 Å². The van der Waals surface area contributed by atoms with Crippen LogP contribution in [-0.4, -0.2) is 34.4 Å². The molecular weight excluding hydrogens is 283 g/mol. The number of nitrogens with zero attached hydrogens (tertiary/aromatic N) is 4. The van der Waals surface area contributed by atoms with Crippen molar-refractivity contribution in [2.45, 2.75) is 4.90 Å². The minimum atomic E-state index is -3.45. The van der Waals surface area contributed by atoms with E-state index in [-0.39, 0.29) is 10.6 Å². The summed E-state index contributed by atoms with van der Waals surface area (Å²) in [4.78, 5) is 7.81. The zero-order chi connectivity index (χ0) is 14.3. The van der Waals surface area contributed by atoms with Crippen LogP contribution in [0.4, 0.5) is 4.39 Å². The van der Waals surface area contributed by atoms with E-state index in [4.69, 9.17) is 0 Å². The second-order valence-corrected chi connectivity index (χ2v) is 6.26. The van der Waals surface area contributed by atoms with Crippen molar-refractivity contribution >= 4 is 20.9 Å². The van der Waals surface area contributed by atoms with Crippen LogP contribution in [0.3, 0.4) is 0 Å². The number of benzene rings is 1. The molecule has 0 N–H and O–H groups in total. The van der Waals surface area contributed by atoms with Gasteiger partial charge in [0.25, 0.3) is 0 Å². The van der Waals surface area contributed by atoms with Gasteiger partial charge in [0.05, 0.1) is 16.5 Å². The number of hydrogen-bond donors (Lipinski definition) is 0. The summed E-state index contributed by atoms with van der Waals surface area (Å²) in [6.45, 7) is 0. The van der Waals surface area contributed by atoms with Gasteiger partial charge in [0, 0.05) is 12.5 Å². The van der Waals surface area contributed by atoms with Crippen LogP contribution < -0.4 is 0 Å². The van der Waals surface area contributed by atoms with E-state index in [0.29, 0.717) is 11.0 Å². The number of sulfone groups is 1. The number of halogens is 1. The molecule has 0 radical (unpaired) electrons. The van der Waals surface area contributed by atoms with E-state index in [9.17, 15) is 12.8 Å². The molecule has 8 heteroatoms. The molecule has 0 unspecified atom stereocenters. The fourth-order valence-corrected chi connectivity index (χ4v) is 2.48. The van der Waals surface area contributed by atoms with E-state index in [2.05, 4.69) is 15.1 Å². The van der Waals surface area contributed by atoms with E-state index >= 15 is 0 Å². The maximum atomic E-state index is 14.1. The van der Waals surface area contributed by atoms with E-state index in [0.717, 1.165) is 12.3 Å². The summed E-state index contributed by atoms with van der Waals surface area (Å²) in [5, 5.41) is 4.71. The van der Waals surface area contributed by atoms with Gasteiger partial charge in [-0.1, -0.05) is 0 Å². The Morgan fingerprint density at radius 3 is 2.75 bits per heavy atom. The lowest BCUT2D eigenvalue weighted by Crippen LogP contribution is -2.04. The molecule has 0 fully saturated rings. The average Bonchev–Trinajstić information content (AvgIpc) is 2.81. The number of fused-ring (bicyclic) bond motifs is 1. The molecule has 0 bridgehead atoms. The molecule has 102 valence electrons. The molecule has 0 aliphatic carbocycles. The molecule has 0 amide bonds. The highest BCUT2D eigenvalue weighted by atomic mass is 32.2. The first-order valence-electron chi connectivity index (χ1n) is 5.60. The van der Waals surface area contributed by atoms with Crippen molar-refractivity contribution in [1.29, 1.82) is 0 Å². The molecule has 0 saturated carbocycles. The van der Waals surface area contributed by atoms with Gasteiger partial charge in [-0.15, -0.1) is 0 Å². The Morgan fingerprint density at radius 1 is 1.25 bits per heavy atom. The molecule has 0 atom stereocenters. The third-order valence-electron chi connectivity index (χ3n) is 2.81. The van der Waals surface area contributed by atoms with Crippen LogP contribution in [0.1, 0.15) is 0 Å².